The molecule has 2 aliphatic rings. The number of piperidine rings is 2. The molecule has 1 unspecified atom stereocenters. The molecule has 3 heterocycles. The second kappa shape index (κ2) is 8.27. The number of nitrogens with one attached hydrogen (secondary N) is 1. The number of carbonyl (C=O) groups is 1. The molecular formula is C18H29N3OS. The largest absolute Gasteiger partial charge is 0.352 e. The van der Waals surface area contributed by atoms with Gasteiger partial charge in [-0.1, -0.05) is 0 Å². The molecule has 0 bridgehead atoms. The van der Waals surface area contributed by atoms with Gasteiger partial charge in [-0.15, -0.1) is 0 Å². The van der Waals surface area contributed by atoms with Crippen LogP contribution in [0.25, 0.3) is 0 Å². The van der Waals surface area contributed by atoms with E-state index in [4.69, 9.17) is 0 Å². The fourth-order valence-corrected chi connectivity index (χ4v) is 4.51. The molecule has 0 saturated carbocycles. The Morgan fingerprint density at radius 3 is 2.87 bits per heavy atom. The highest BCUT2D eigenvalue weighted by molar-refractivity contribution is 7.07. The Bertz CT molecular complexity index is 482. The van der Waals surface area contributed by atoms with Crippen molar-refractivity contribution in [3.8, 4) is 0 Å². The van der Waals surface area contributed by atoms with Gasteiger partial charge in [0.25, 0.3) is 0 Å². The van der Waals surface area contributed by atoms with Crippen molar-refractivity contribution in [1.82, 2.24) is 15.1 Å². The van der Waals surface area contributed by atoms with Crippen LogP contribution >= 0.6 is 11.3 Å². The lowest BCUT2D eigenvalue weighted by Gasteiger charge is -2.41. The lowest BCUT2D eigenvalue weighted by atomic mass is 9.98. The molecule has 2 fully saturated rings. The predicted molar refractivity (Wildman–Crippen MR) is 95.9 cm³/mol. The molecule has 128 valence electrons. The maximum absolute atomic E-state index is 12.2. The van der Waals surface area contributed by atoms with E-state index >= 15 is 0 Å². The summed E-state index contributed by atoms with van der Waals surface area (Å²) in [4.78, 5) is 17.2. The maximum atomic E-state index is 12.2. The minimum Gasteiger partial charge on any atom is -0.352 e. The van der Waals surface area contributed by atoms with Crippen molar-refractivity contribution >= 4 is 17.2 Å². The number of amides is 1. The van der Waals surface area contributed by atoms with E-state index in [-0.39, 0.29) is 5.91 Å². The van der Waals surface area contributed by atoms with Crippen molar-refractivity contribution in [2.24, 2.45) is 0 Å². The predicted octanol–water partition coefficient (Wildman–Crippen LogP) is 2.36. The average Bonchev–Trinajstić information content (AvgIpc) is 3.07. The topological polar surface area (TPSA) is 35.6 Å². The quantitative estimate of drug-likeness (QED) is 0.897. The molecule has 0 spiro atoms. The van der Waals surface area contributed by atoms with E-state index < -0.39 is 0 Å². The van der Waals surface area contributed by atoms with Crippen LogP contribution in [0.1, 0.15) is 37.7 Å². The molecule has 0 aliphatic carbocycles. The van der Waals surface area contributed by atoms with Gasteiger partial charge in [0, 0.05) is 25.0 Å². The van der Waals surface area contributed by atoms with Gasteiger partial charge < -0.3 is 10.2 Å². The van der Waals surface area contributed by atoms with Crippen molar-refractivity contribution < 1.29 is 4.79 Å². The highest BCUT2D eigenvalue weighted by Gasteiger charge is 2.28. The average molecular weight is 336 g/mol. The summed E-state index contributed by atoms with van der Waals surface area (Å²) in [7, 11) is 2.21. The highest BCUT2D eigenvalue weighted by atomic mass is 32.1. The molecule has 3 rings (SSSR count). The van der Waals surface area contributed by atoms with Crippen LogP contribution in [0.15, 0.2) is 16.8 Å². The van der Waals surface area contributed by atoms with Crippen LogP contribution in [0.2, 0.25) is 0 Å². The first-order chi connectivity index (χ1) is 11.2. The molecule has 2 aliphatic heterocycles. The SMILES string of the molecule is CN1CCC(N2CCCC(NC(=O)CCc3ccsc3)C2)CC1. The van der Waals surface area contributed by atoms with E-state index in [0.717, 1.165) is 25.4 Å². The summed E-state index contributed by atoms with van der Waals surface area (Å²) in [5.74, 6) is 0.214. The van der Waals surface area contributed by atoms with E-state index in [0.29, 0.717) is 12.5 Å². The minimum atomic E-state index is 0.214. The van der Waals surface area contributed by atoms with Gasteiger partial charge in [-0.25, -0.2) is 0 Å². The first-order valence-electron chi connectivity index (χ1n) is 8.94. The fraction of sp³-hybridized carbons (Fsp3) is 0.722. The second-order valence-electron chi connectivity index (χ2n) is 7.07. The molecular weight excluding hydrogens is 306 g/mol. The standard InChI is InChI=1S/C18H29N3OS/c1-20-10-6-17(7-11-20)21-9-2-3-16(13-21)19-18(22)5-4-15-8-12-23-14-15/h8,12,14,16-17H,2-7,9-11,13H2,1H3,(H,19,22). The van der Waals surface area contributed by atoms with Gasteiger partial charge >= 0.3 is 0 Å². The number of hydrogen-bond donors (Lipinski definition) is 1. The van der Waals surface area contributed by atoms with Gasteiger partial charge in [-0.3, -0.25) is 9.69 Å². The number of aryl methyl sites for hydroxylation is 1. The number of likely N-dealkylation sites (tertiary alicyclic amines) is 2. The van der Waals surface area contributed by atoms with Crippen LogP contribution in [-0.4, -0.2) is 61.0 Å². The van der Waals surface area contributed by atoms with Gasteiger partial charge in [0.2, 0.25) is 5.91 Å². The molecule has 0 aromatic carbocycles. The van der Waals surface area contributed by atoms with E-state index in [1.165, 1.54) is 44.5 Å². The fourth-order valence-electron chi connectivity index (χ4n) is 3.81. The van der Waals surface area contributed by atoms with Crippen molar-refractivity contribution in [2.45, 2.75) is 50.6 Å². The number of carbonyl (C=O) groups excluding carboxylic acids is 1. The van der Waals surface area contributed by atoms with Gasteiger partial charge in [0.15, 0.2) is 0 Å². The molecule has 1 aromatic rings. The molecule has 5 heteroatoms. The molecule has 1 N–H and O–H groups in total. The van der Waals surface area contributed by atoms with Crippen LogP contribution in [0.4, 0.5) is 0 Å². The molecule has 0 radical (unpaired) electrons. The molecule has 2 saturated heterocycles. The van der Waals surface area contributed by atoms with Gasteiger partial charge in [-0.2, -0.15) is 11.3 Å². The first kappa shape index (κ1) is 16.9. The number of rotatable bonds is 5. The summed E-state index contributed by atoms with van der Waals surface area (Å²) in [5, 5.41) is 7.48. The summed E-state index contributed by atoms with van der Waals surface area (Å²) in [6.45, 7) is 4.66. The van der Waals surface area contributed by atoms with Gasteiger partial charge in [0.05, 0.1) is 0 Å². The Morgan fingerprint density at radius 1 is 1.30 bits per heavy atom. The smallest absolute Gasteiger partial charge is 0.220 e. The van der Waals surface area contributed by atoms with Crippen LogP contribution in [0.5, 0.6) is 0 Å². The van der Waals surface area contributed by atoms with Crippen LogP contribution in [-0.2, 0) is 11.2 Å². The Labute approximate surface area is 143 Å². The molecule has 23 heavy (non-hydrogen) atoms. The minimum absolute atomic E-state index is 0.214. The first-order valence-corrected chi connectivity index (χ1v) is 9.88. The van der Waals surface area contributed by atoms with Crippen molar-refractivity contribution in [3.05, 3.63) is 22.4 Å². The van der Waals surface area contributed by atoms with E-state index in [2.05, 4.69) is 39.0 Å². The van der Waals surface area contributed by atoms with Crippen molar-refractivity contribution in [1.29, 1.82) is 0 Å². The molecule has 1 aromatic heterocycles. The summed E-state index contributed by atoms with van der Waals surface area (Å²) >= 11 is 1.70. The zero-order valence-corrected chi connectivity index (χ0v) is 15.0. The van der Waals surface area contributed by atoms with Crippen LogP contribution in [0.3, 0.4) is 0 Å². The summed E-state index contributed by atoms with van der Waals surface area (Å²) in [6.07, 6.45) is 6.36. The van der Waals surface area contributed by atoms with Gasteiger partial charge in [-0.05, 0) is 81.2 Å². The van der Waals surface area contributed by atoms with Crippen LogP contribution in [0, 0.1) is 0 Å². The van der Waals surface area contributed by atoms with Crippen molar-refractivity contribution in [3.63, 3.8) is 0 Å². The summed E-state index contributed by atoms with van der Waals surface area (Å²) in [6, 6.07) is 3.18. The lowest BCUT2D eigenvalue weighted by molar-refractivity contribution is -0.122. The normalized spacial score (nSPS) is 24.7. The monoisotopic (exact) mass is 335 g/mol. The third kappa shape index (κ3) is 5.03. The highest BCUT2D eigenvalue weighted by Crippen LogP contribution is 2.20. The lowest BCUT2D eigenvalue weighted by Crippen LogP contribution is -2.53. The summed E-state index contributed by atoms with van der Waals surface area (Å²) < 4.78 is 0. The number of hydrogen-bond acceptors (Lipinski definition) is 4. The zero-order chi connectivity index (χ0) is 16.1. The Morgan fingerprint density at radius 2 is 2.13 bits per heavy atom. The van der Waals surface area contributed by atoms with E-state index in [1.54, 1.807) is 11.3 Å². The Kier molecular flexibility index (Phi) is 6.08. The molecule has 1 atom stereocenters. The molecule has 4 nitrogen and oxygen atoms in total. The Hall–Kier alpha value is -0.910. The maximum Gasteiger partial charge on any atom is 0.220 e. The van der Waals surface area contributed by atoms with Gasteiger partial charge in [0.1, 0.15) is 0 Å². The second-order valence-corrected chi connectivity index (χ2v) is 7.85. The van der Waals surface area contributed by atoms with Crippen LogP contribution < -0.4 is 5.32 Å². The van der Waals surface area contributed by atoms with E-state index in [1.807, 2.05) is 0 Å². The molecule has 1 amide bonds. The van der Waals surface area contributed by atoms with Crippen molar-refractivity contribution in [2.75, 3.05) is 33.2 Å². The Balaban J connectivity index is 1.42. The summed E-state index contributed by atoms with van der Waals surface area (Å²) in [5.41, 5.74) is 1.28. The van der Waals surface area contributed by atoms with E-state index in [9.17, 15) is 4.79 Å². The zero-order valence-electron chi connectivity index (χ0n) is 14.2. The number of nitrogens with zero attached hydrogens (tertiary/aromatic N) is 2. The number of thiophene rings is 1. The third-order valence-corrected chi connectivity index (χ3v) is 5.98. The third-order valence-electron chi connectivity index (χ3n) is 5.24.